The van der Waals surface area contributed by atoms with Crippen molar-refractivity contribution in [3.63, 3.8) is 0 Å². The minimum atomic E-state index is -0.00735. The number of piperazine rings is 1. The molecule has 0 bridgehead atoms. The topological polar surface area (TPSA) is 53.1 Å². The van der Waals surface area contributed by atoms with Gasteiger partial charge < -0.3 is 19.4 Å². The normalized spacial score (nSPS) is 16.8. The zero-order valence-electron chi connectivity index (χ0n) is 15.8. The quantitative estimate of drug-likeness (QED) is 0.793. The molecule has 0 saturated carbocycles. The minimum absolute atomic E-state index is 0.000320. The SMILES string of the molecule is COc1cccc(N2CCN(C(=O)CN3C(=O)CSc4ccccc43)CC2)c1. The van der Waals surface area contributed by atoms with Gasteiger partial charge in [-0.1, -0.05) is 18.2 Å². The Bertz CT molecular complexity index is 881. The lowest BCUT2D eigenvalue weighted by atomic mass is 10.2. The van der Waals surface area contributed by atoms with E-state index in [0.717, 1.165) is 35.1 Å². The van der Waals surface area contributed by atoms with Crippen LogP contribution in [0.4, 0.5) is 11.4 Å². The van der Waals surface area contributed by atoms with Crippen molar-refractivity contribution in [3.8, 4) is 5.75 Å². The second kappa shape index (κ2) is 8.14. The van der Waals surface area contributed by atoms with Crippen molar-refractivity contribution < 1.29 is 14.3 Å². The first-order valence-electron chi connectivity index (χ1n) is 9.34. The van der Waals surface area contributed by atoms with E-state index in [1.54, 1.807) is 12.0 Å². The van der Waals surface area contributed by atoms with Crippen molar-refractivity contribution >= 4 is 35.0 Å². The summed E-state index contributed by atoms with van der Waals surface area (Å²) in [7, 11) is 1.66. The molecule has 0 aliphatic carbocycles. The van der Waals surface area contributed by atoms with Crippen LogP contribution in [0.2, 0.25) is 0 Å². The van der Waals surface area contributed by atoms with E-state index in [9.17, 15) is 9.59 Å². The summed E-state index contributed by atoms with van der Waals surface area (Å²) in [4.78, 5) is 32.0. The Morgan fingerprint density at radius 3 is 2.64 bits per heavy atom. The summed E-state index contributed by atoms with van der Waals surface area (Å²) >= 11 is 1.53. The molecule has 0 unspecified atom stereocenters. The molecular weight excluding hydrogens is 374 g/mol. The van der Waals surface area contributed by atoms with E-state index in [0.29, 0.717) is 18.8 Å². The Hall–Kier alpha value is -2.67. The first-order chi connectivity index (χ1) is 13.7. The number of rotatable bonds is 4. The van der Waals surface area contributed by atoms with Crippen LogP contribution in [0.3, 0.4) is 0 Å². The summed E-state index contributed by atoms with van der Waals surface area (Å²) in [5.41, 5.74) is 1.94. The van der Waals surface area contributed by atoms with Gasteiger partial charge in [-0.25, -0.2) is 0 Å². The molecule has 1 saturated heterocycles. The Balaban J connectivity index is 1.39. The van der Waals surface area contributed by atoms with Crippen LogP contribution in [0, 0.1) is 0 Å². The molecule has 146 valence electrons. The van der Waals surface area contributed by atoms with E-state index in [-0.39, 0.29) is 18.4 Å². The number of benzene rings is 2. The van der Waals surface area contributed by atoms with Gasteiger partial charge in [-0.3, -0.25) is 9.59 Å². The second-order valence-corrected chi connectivity index (χ2v) is 7.82. The molecule has 1 fully saturated rings. The lowest BCUT2D eigenvalue weighted by Crippen LogP contribution is -2.52. The number of hydrogen-bond donors (Lipinski definition) is 0. The Morgan fingerprint density at radius 2 is 1.86 bits per heavy atom. The van der Waals surface area contributed by atoms with Crippen LogP contribution >= 0.6 is 11.8 Å². The molecule has 0 atom stereocenters. The highest BCUT2D eigenvalue weighted by Gasteiger charge is 2.29. The largest absolute Gasteiger partial charge is 0.497 e. The fourth-order valence-electron chi connectivity index (χ4n) is 3.58. The first-order valence-corrected chi connectivity index (χ1v) is 10.3. The molecule has 0 spiro atoms. The molecule has 2 amide bonds. The molecule has 0 N–H and O–H groups in total. The molecule has 0 aromatic heterocycles. The van der Waals surface area contributed by atoms with Crippen molar-refractivity contribution in [2.24, 2.45) is 0 Å². The number of amides is 2. The van der Waals surface area contributed by atoms with Gasteiger partial charge in [-0.05, 0) is 24.3 Å². The number of thioether (sulfide) groups is 1. The fourth-order valence-corrected chi connectivity index (χ4v) is 4.52. The van der Waals surface area contributed by atoms with Gasteiger partial charge >= 0.3 is 0 Å². The third-order valence-corrected chi connectivity index (χ3v) is 6.20. The number of carbonyl (C=O) groups excluding carboxylic acids is 2. The van der Waals surface area contributed by atoms with Gasteiger partial charge in [0, 0.05) is 42.8 Å². The van der Waals surface area contributed by atoms with Gasteiger partial charge in [0.15, 0.2) is 0 Å². The molecule has 2 aromatic carbocycles. The summed E-state index contributed by atoms with van der Waals surface area (Å²) < 4.78 is 5.30. The van der Waals surface area contributed by atoms with Crippen LogP contribution in [0.25, 0.3) is 0 Å². The zero-order chi connectivity index (χ0) is 19.5. The number of hydrogen-bond acceptors (Lipinski definition) is 5. The highest BCUT2D eigenvalue weighted by Crippen LogP contribution is 2.34. The molecular formula is C21H23N3O3S. The van der Waals surface area contributed by atoms with Crippen LogP contribution in [-0.2, 0) is 9.59 Å². The van der Waals surface area contributed by atoms with Crippen LogP contribution in [0.15, 0.2) is 53.4 Å². The molecule has 2 aliphatic rings. The summed E-state index contributed by atoms with van der Waals surface area (Å²) in [5, 5.41) is 0. The maximum atomic E-state index is 12.9. The lowest BCUT2D eigenvalue weighted by Gasteiger charge is -2.37. The van der Waals surface area contributed by atoms with Crippen molar-refractivity contribution in [1.82, 2.24) is 4.90 Å². The van der Waals surface area contributed by atoms with Gasteiger partial charge in [0.1, 0.15) is 12.3 Å². The van der Waals surface area contributed by atoms with E-state index < -0.39 is 0 Å². The second-order valence-electron chi connectivity index (χ2n) is 6.81. The van der Waals surface area contributed by atoms with Crippen LogP contribution < -0.4 is 14.5 Å². The van der Waals surface area contributed by atoms with Crippen molar-refractivity contribution in [3.05, 3.63) is 48.5 Å². The molecule has 0 radical (unpaired) electrons. The Kier molecular flexibility index (Phi) is 5.43. The van der Waals surface area contributed by atoms with Gasteiger partial charge in [-0.15, -0.1) is 11.8 Å². The van der Waals surface area contributed by atoms with Crippen molar-refractivity contribution in [1.29, 1.82) is 0 Å². The number of carbonyl (C=O) groups is 2. The van der Waals surface area contributed by atoms with E-state index in [1.165, 1.54) is 11.8 Å². The third-order valence-electron chi connectivity index (χ3n) is 5.15. The van der Waals surface area contributed by atoms with Crippen LogP contribution in [0.1, 0.15) is 0 Å². The van der Waals surface area contributed by atoms with Gasteiger partial charge in [0.25, 0.3) is 0 Å². The summed E-state index contributed by atoms with van der Waals surface area (Å²) in [6, 6.07) is 15.7. The lowest BCUT2D eigenvalue weighted by molar-refractivity contribution is -0.131. The molecule has 2 aliphatic heterocycles. The highest BCUT2D eigenvalue weighted by molar-refractivity contribution is 8.00. The minimum Gasteiger partial charge on any atom is -0.497 e. The Morgan fingerprint density at radius 1 is 1.07 bits per heavy atom. The molecule has 28 heavy (non-hydrogen) atoms. The fraction of sp³-hybridized carbons (Fsp3) is 0.333. The maximum Gasteiger partial charge on any atom is 0.242 e. The average Bonchev–Trinajstić information content (AvgIpc) is 2.76. The molecule has 2 heterocycles. The van der Waals surface area contributed by atoms with E-state index >= 15 is 0 Å². The standard InChI is InChI=1S/C21H23N3O3S/c1-27-17-6-4-5-16(13-17)22-9-11-23(12-10-22)20(25)14-24-18-7-2-3-8-19(18)28-15-21(24)26/h2-8,13H,9-12,14-15H2,1H3. The van der Waals surface area contributed by atoms with Gasteiger partial charge in [0.05, 0.1) is 18.6 Å². The number of methoxy groups -OCH3 is 1. The van der Waals surface area contributed by atoms with E-state index in [4.69, 9.17) is 4.74 Å². The number of anilines is 2. The Labute approximate surface area is 169 Å². The average molecular weight is 398 g/mol. The predicted octanol–water partition coefficient (Wildman–Crippen LogP) is 2.48. The summed E-state index contributed by atoms with van der Waals surface area (Å²) in [5.74, 6) is 1.21. The molecule has 7 heteroatoms. The smallest absolute Gasteiger partial charge is 0.242 e. The van der Waals surface area contributed by atoms with Crippen LogP contribution in [0.5, 0.6) is 5.75 Å². The van der Waals surface area contributed by atoms with Crippen molar-refractivity contribution in [2.75, 3.05) is 55.4 Å². The summed E-state index contributed by atoms with van der Waals surface area (Å²) in [6.07, 6.45) is 0. The highest BCUT2D eigenvalue weighted by atomic mass is 32.2. The first kappa shape index (κ1) is 18.7. The zero-order valence-corrected chi connectivity index (χ0v) is 16.7. The number of para-hydroxylation sites is 1. The maximum absolute atomic E-state index is 12.9. The predicted molar refractivity (Wildman–Crippen MR) is 111 cm³/mol. The third kappa shape index (κ3) is 3.80. The molecule has 2 aromatic rings. The van der Waals surface area contributed by atoms with E-state index in [2.05, 4.69) is 11.0 Å². The van der Waals surface area contributed by atoms with E-state index in [1.807, 2.05) is 47.4 Å². The molecule has 4 rings (SSSR count). The number of fused-ring (bicyclic) bond motifs is 1. The van der Waals surface area contributed by atoms with Gasteiger partial charge in [-0.2, -0.15) is 0 Å². The number of ether oxygens (including phenoxy) is 1. The number of nitrogens with zero attached hydrogens (tertiary/aromatic N) is 3. The molecule has 6 nitrogen and oxygen atoms in total. The summed E-state index contributed by atoms with van der Waals surface area (Å²) in [6.45, 7) is 2.93. The van der Waals surface area contributed by atoms with Crippen LogP contribution in [-0.4, -0.2) is 62.3 Å². The monoisotopic (exact) mass is 397 g/mol. The van der Waals surface area contributed by atoms with Gasteiger partial charge in [0.2, 0.25) is 11.8 Å². The van der Waals surface area contributed by atoms with Crippen molar-refractivity contribution in [2.45, 2.75) is 4.90 Å².